The first kappa shape index (κ1) is 20.3. The molecule has 5 nitrogen and oxygen atoms in total. The molecule has 1 aliphatic rings. The average Bonchev–Trinajstić information content (AvgIpc) is 3.04. The van der Waals surface area contributed by atoms with Crippen molar-refractivity contribution in [3.8, 4) is 0 Å². The number of aryl methyl sites for hydroxylation is 1. The monoisotopic (exact) mass is 481 g/mol. The molecular formula is C23H17BrClN3O2. The molecule has 3 aromatic carbocycles. The van der Waals surface area contributed by atoms with Crippen molar-refractivity contribution in [3.63, 3.8) is 0 Å². The molecule has 3 aromatic rings. The van der Waals surface area contributed by atoms with Gasteiger partial charge in [-0.2, -0.15) is 0 Å². The minimum Gasteiger partial charge on any atom is -0.322 e. The number of carbonyl (C=O) groups excluding carboxylic acids is 2. The molecule has 150 valence electrons. The predicted molar refractivity (Wildman–Crippen MR) is 124 cm³/mol. The summed E-state index contributed by atoms with van der Waals surface area (Å²) in [7, 11) is 0. The standard InChI is InChI=1S/C23H17BrClN3O2/c1-12-3-7-16(8-4-12)27-22(29)14-5-9-15(10-6-14)26-21-17-11-18(24)19(25)13(2)20(17)28-23(21)30/h3-11H,1-2H3,(H,27,29)(H,26,28,30). The molecule has 0 aromatic heterocycles. The van der Waals surface area contributed by atoms with Gasteiger partial charge >= 0.3 is 0 Å². The third-order valence-corrected chi connectivity index (χ3v) is 6.18. The van der Waals surface area contributed by atoms with E-state index in [9.17, 15) is 9.59 Å². The van der Waals surface area contributed by atoms with Crippen LogP contribution in [0.1, 0.15) is 27.0 Å². The van der Waals surface area contributed by atoms with Crippen LogP contribution < -0.4 is 10.6 Å². The summed E-state index contributed by atoms with van der Waals surface area (Å²) < 4.78 is 0.702. The summed E-state index contributed by atoms with van der Waals surface area (Å²) >= 11 is 9.67. The molecule has 0 radical (unpaired) electrons. The van der Waals surface area contributed by atoms with Crippen LogP contribution in [-0.4, -0.2) is 17.5 Å². The zero-order valence-electron chi connectivity index (χ0n) is 16.2. The smallest absolute Gasteiger partial charge is 0.275 e. The Bertz CT molecular complexity index is 1200. The Balaban J connectivity index is 1.58. The highest BCUT2D eigenvalue weighted by atomic mass is 79.9. The number of fused-ring (bicyclic) bond motifs is 1. The second kappa shape index (κ2) is 8.05. The molecule has 0 saturated heterocycles. The van der Waals surface area contributed by atoms with Crippen LogP contribution in [0.15, 0.2) is 64.1 Å². The van der Waals surface area contributed by atoms with Crippen LogP contribution >= 0.6 is 27.5 Å². The Labute approximate surface area is 187 Å². The molecule has 0 saturated carbocycles. The van der Waals surface area contributed by atoms with Crippen molar-refractivity contribution in [2.75, 3.05) is 10.6 Å². The second-order valence-electron chi connectivity index (χ2n) is 7.00. The van der Waals surface area contributed by atoms with Gasteiger partial charge < -0.3 is 10.6 Å². The first-order valence-corrected chi connectivity index (χ1v) is 10.4. The van der Waals surface area contributed by atoms with Crippen LogP contribution in [0.4, 0.5) is 17.1 Å². The lowest BCUT2D eigenvalue weighted by Gasteiger charge is -2.07. The largest absolute Gasteiger partial charge is 0.322 e. The zero-order valence-corrected chi connectivity index (χ0v) is 18.6. The minimum atomic E-state index is -0.288. The molecule has 1 aliphatic heterocycles. The van der Waals surface area contributed by atoms with Gasteiger partial charge in [-0.1, -0.05) is 29.3 Å². The number of amides is 2. The summed E-state index contributed by atoms with van der Waals surface area (Å²) in [4.78, 5) is 29.4. The number of benzene rings is 3. The molecule has 4 rings (SSSR count). The molecule has 2 amide bonds. The van der Waals surface area contributed by atoms with Gasteiger partial charge in [0.05, 0.1) is 16.4 Å². The number of nitrogens with one attached hydrogen (secondary N) is 2. The van der Waals surface area contributed by atoms with Crippen LogP contribution in [-0.2, 0) is 4.79 Å². The molecule has 0 unspecified atom stereocenters. The lowest BCUT2D eigenvalue weighted by molar-refractivity contribution is -0.110. The molecule has 0 atom stereocenters. The molecule has 7 heteroatoms. The number of aliphatic imine (C=N–C) groups is 1. The maximum Gasteiger partial charge on any atom is 0.275 e. The second-order valence-corrected chi connectivity index (χ2v) is 8.23. The van der Waals surface area contributed by atoms with Gasteiger partial charge in [0.1, 0.15) is 5.71 Å². The van der Waals surface area contributed by atoms with Crippen LogP contribution in [0.5, 0.6) is 0 Å². The summed E-state index contributed by atoms with van der Waals surface area (Å²) in [5.74, 6) is -0.500. The van der Waals surface area contributed by atoms with E-state index in [-0.39, 0.29) is 11.8 Å². The normalized spacial score (nSPS) is 13.9. The van der Waals surface area contributed by atoms with Crippen LogP contribution in [0, 0.1) is 13.8 Å². The van der Waals surface area contributed by atoms with Gasteiger partial charge in [-0.05, 0) is 77.8 Å². The summed E-state index contributed by atoms with van der Waals surface area (Å²) in [5, 5.41) is 6.24. The van der Waals surface area contributed by atoms with Crippen molar-refractivity contribution in [1.29, 1.82) is 0 Å². The van der Waals surface area contributed by atoms with E-state index in [1.54, 1.807) is 30.3 Å². The van der Waals surface area contributed by atoms with Gasteiger partial charge in [0, 0.05) is 21.3 Å². The Morgan fingerprint density at radius 3 is 2.40 bits per heavy atom. The van der Waals surface area contributed by atoms with E-state index >= 15 is 0 Å². The lowest BCUT2D eigenvalue weighted by atomic mass is 10.1. The summed E-state index contributed by atoms with van der Waals surface area (Å²) in [5.41, 5.74) is 5.37. The van der Waals surface area contributed by atoms with Gasteiger partial charge in [-0.15, -0.1) is 0 Å². The summed E-state index contributed by atoms with van der Waals surface area (Å²) in [6.45, 7) is 3.83. The number of halogens is 2. The van der Waals surface area contributed by atoms with Crippen LogP contribution in [0.2, 0.25) is 5.02 Å². The van der Waals surface area contributed by atoms with Crippen molar-refractivity contribution in [2.45, 2.75) is 13.8 Å². The molecule has 0 bridgehead atoms. The van der Waals surface area contributed by atoms with Gasteiger partial charge in [0.25, 0.3) is 11.8 Å². The van der Waals surface area contributed by atoms with Gasteiger partial charge in [0.15, 0.2) is 0 Å². The Morgan fingerprint density at radius 1 is 1.07 bits per heavy atom. The highest BCUT2D eigenvalue weighted by Gasteiger charge is 2.29. The molecule has 30 heavy (non-hydrogen) atoms. The highest BCUT2D eigenvalue weighted by molar-refractivity contribution is 9.10. The van der Waals surface area contributed by atoms with E-state index in [2.05, 4.69) is 31.6 Å². The SMILES string of the molecule is Cc1ccc(NC(=O)c2ccc(N=C3C(=O)Nc4c3cc(Br)c(Cl)c4C)cc2)cc1. The average molecular weight is 483 g/mol. The molecule has 0 aliphatic carbocycles. The van der Waals surface area contributed by atoms with Gasteiger partial charge in [-0.3, -0.25) is 9.59 Å². The number of rotatable bonds is 3. The summed E-state index contributed by atoms with van der Waals surface area (Å²) in [6, 6.07) is 16.1. The van der Waals surface area contributed by atoms with E-state index in [0.29, 0.717) is 37.7 Å². The van der Waals surface area contributed by atoms with Gasteiger partial charge in [-0.25, -0.2) is 4.99 Å². The highest BCUT2D eigenvalue weighted by Crippen LogP contribution is 2.38. The first-order valence-electron chi connectivity index (χ1n) is 9.20. The molecule has 0 fully saturated rings. The molecule has 0 spiro atoms. The fourth-order valence-electron chi connectivity index (χ4n) is 3.16. The first-order chi connectivity index (χ1) is 14.3. The van der Waals surface area contributed by atoms with Crippen molar-refractivity contribution >= 4 is 62.1 Å². The van der Waals surface area contributed by atoms with E-state index in [1.807, 2.05) is 38.1 Å². The zero-order chi connectivity index (χ0) is 21.4. The maximum absolute atomic E-state index is 12.4. The fraction of sp³-hybridized carbons (Fsp3) is 0.0870. The quantitative estimate of drug-likeness (QED) is 0.477. The third kappa shape index (κ3) is 3.88. The van der Waals surface area contributed by atoms with Crippen molar-refractivity contribution in [3.05, 3.63) is 86.3 Å². The Hall–Kier alpha value is -2.96. The fourth-order valence-corrected chi connectivity index (χ4v) is 3.84. The maximum atomic E-state index is 12.4. The Morgan fingerprint density at radius 2 is 1.73 bits per heavy atom. The Kier molecular flexibility index (Phi) is 5.45. The van der Waals surface area contributed by atoms with Crippen molar-refractivity contribution in [2.24, 2.45) is 4.99 Å². The summed E-state index contributed by atoms with van der Waals surface area (Å²) in [6.07, 6.45) is 0. The number of nitrogens with zero attached hydrogens (tertiary/aromatic N) is 1. The van der Waals surface area contributed by atoms with E-state index < -0.39 is 0 Å². The molecule has 2 N–H and O–H groups in total. The topological polar surface area (TPSA) is 70.6 Å². The predicted octanol–water partition coefficient (Wildman–Crippen LogP) is 6.04. The number of carbonyl (C=O) groups is 2. The third-order valence-electron chi connectivity index (χ3n) is 4.84. The van der Waals surface area contributed by atoms with Crippen LogP contribution in [0.3, 0.4) is 0 Å². The van der Waals surface area contributed by atoms with E-state index in [4.69, 9.17) is 11.6 Å². The molecular weight excluding hydrogens is 466 g/mol. The lowest BCUT2D eigenvalue weighted by Crippen LogP contribution is -2.14. The van der Waals surface area contributed by atoms with Crippen molar-refractivity contribution in [1.82, 2.24) is 0 Å². The van der Waals surface area contributed by atoms with E-state index in [0.717, 1.165) is 16.8 Å². The van der Waals surface area contributed by atoms with Crippen molar-refractivity contribution < 1.29 is 9.59 Å². The van der Waals surface area contributed by atoms with Crippen LogP contribution in [0.25, 0.3) is 0 Å². The minimum absolute atomic E-state index is 0.212. The number of hydrogen-bond acceptors (Lipinski definition) is 3. The molecule has 1 heterocycles. The number of hydrogen-bond donors (Lipinski definition) is 2. The van der Waals surface area contributed by atoms with E-state index in [1.165, 1.54) is 0 Å². The van der Waals surface area contributed by atoms with Gasteiger partial charge in [0.2, 0.25) is 0 Å². The number of anilines is 2.